The summed E-state index contributed by atoms with van der Waals surface area (Å²) in [4.78, 5) is 12.1. The molecule has 2 aromatic carbocycles. The number of piperidine rings is 1. The number of nitrogens with zero attached hydrogens (tertiary/aromatic N) is 1. The average Bonchev–Trinajstić information content (AvgIpc) is 2.72. The third-order valence-electron chi connectivity index (χ3n) is 5.49. The number of halogens is 1. The van der Waals surface area contributed by atoms with E-state index in [2.05, 4.69) is 0 Å². The standard InChI is InChI=1S/C22H27ClN2O4S/c1-2-17-7-9-20(10-8-17)30(27,28)25-12-4-11-22(15-25,14-21(24)26)16-29-19-6-3-5-18(23)13-19/h3,5-10,13H,2,4,11-12,14-16H2,1H3,(H2,24,26)/t22-/m1/s1. The van der Waals surface area contributed by atoms with Crippen molar-refractivity contribution in [1.82, 2.24) is 4.31 Å². The van der Waals surface area contributed by atoms with Crippen LogP contribution in [0.15, 0.2) is 53.4 Å². The highest BCUT2D eigenvalue weighted by Gasteiger charge is 2.42. The zero-order valence-electron chi connectivity index (χ0n) is 17.0. The van der Waals surface area contributed by atoms with Crippen LogP contribution >= 0.6 is 11.6 Å². The predicted octanol–water partition coefficient (Wildman–Crippen LogP) is 3.63. The molecule has 3 rings (SSSR count). The van der Waals surface area contributed by atoms with Crippen LogP contribution < -0.4 is 10.5 Å². The number of benzene rings is 2. The van der Waals surface area contributed by atoms with Crippen molar-refractivity contribution >= 4 is 27.5 Å². The van der Waals surface area contributed by atoms with Gasteiger partial charge < -0.3 is 10.5 Å². The van der Waals surface area contributed by atoms with E-state index < -0.39 is 21.3 Å². The Morgan fingerprint density at radius 2 is 1.97 bits per heavy atom. The van der Waals surface area contributed by atoms with Gasteiger partial charge in [0.05, 0.1) is 11.5 Å². The number of hydrogen-bond acceptors (Lipinski definition) is 4. The first kappa shape index (κ1) is 22.6. The molecule has 162 valence electrons. The number of nitrogens with two attached hydrogens (primary N) is 1. The molecule has 1 fully saturated rings. The zero-order chi connectivity index (χ0) is 21.8. The van der Waals surface area contributed by atoms with Crippen LogP contribution in [0.25, 0.3) is 0 Å². The summed E-state index contributed by atoms with van der Waals surface area (Å²) in [6.07, 6.45) is 2.16. The molecule has 1 aliphatic heterocycles. The van der Waals surface area contributed by atoms with Crippen molar-refractivity contribution in [2.24, 2.45) is 11.1 Å². The van der Waals surface area contributed by atoms with Crippen LogP contribution in [0.3, 0.4) is 0 Å². The topological polar surface area (TPSA) is 89.7 Å². The Bertz CT molecular complexity index is 994. The molecule has 1 saturated heterocycles. The molecule has 1 atom stereocenters. The van der Waals surface area contributed by atoms with Gasteiger partial charge in [-0.05, 0) is 55.2 Å². The first-order valence-corrected chi connectivity index (χ1v) is 11.8. The number of amides is 1. The molecule has 6 nitrogen and oxygen atoms in total. The lowest BCUT2D eigenvalue weighted by molar-refractivity contribution is -0.121. The Balaban J connectivity index is 1.82. The number of aryl methyl sites for hydroxylation is 1. The molecule has 2 aromatic rings. The van der Waals surface area contributed by atoms with Crippen molar-refractivity contribution in [2.45, 2.75) is 37.5 Å². The lowest BCUT2D eigenvalue weighted by Crippen LogP contribution is -2.50. The Morgan fingerprint density at radius 1 is 1.23 bits per heavy atom. The van der Waals surface area contributed by atoms with Crippen LogP contribution in [-0.4, -0.2) is 38.3 Å². The van der Waals surface area contributed by atoms with Gasteiger partial charge in [0.15, 0.2) is 0 Å². The average molecular weight is 451 g/mol. The first-order valence-electron chi connectivity index (χ1n) is 10.00. The van der Waals surface area contributed by atoms with Gasteiger partial charge in [-0.2, -0.15) is 4.31 Å². The highest BCUT2D eigenvalue weighted by Crippen LogP contribution is 2.37. The van der Waals surface area contributed by atoms with Crippen LogP contribution in [-0.2, 0) is 21.2 Å². The highest BCUT2D eigenvalue weighted by atomic mass is 35.5. The second-order valence-corrected chi connectivity index (χ2v) is 10.2. The fraction of sp³-hybridized carbons (Fsp3) is 0.409. The monoisotopic (exact) mass is 450 g/mol. The summed E-state index contributed by atoms with van der Waals surface area (Å²) < 4.78 is 33.8. The number of carbonyl (C=O) groups is 1. The van der Waals surface area contributed by atoms with Crippen LogP contribution in [0.4, 0.5) is 0 Å². The van der Waals surface area contributed by atoms with Crippen molar-refractivity contribution in [1.29, 1.82) is 0 Å². The number of carbonyl (C=O) groups excluding carboxylic acids is 1. The lowest BCUT2D eigenvalue weighted by atomic mass is 9.78. The second-order valence-electron chi connectivity index (χ2n) is 7.83. The molecule has 0 spiro atoms. The maximum Gasteiger partial charge on any atom is 0.243 e. The molecule has 1 aliphatic rings. The maximum absolute atomic E-state index is 13.2. The minimum atomic E-state index is -3.68. The van der Waals surface area contributed by atoms with Crippen LogP contribution in [0.5, 0.6) is 5.75 Å². The van der Waals surface area contributed by atoms with Gasteiger partial charge in [0, 0.05) is 29.9 Å². The SMILES string of the molecule is CCc1ccc(S(=O)(=O)N2CCC[C@@](COc3cccc(Cl)c3)(CC(N)=O)C2)cc1. The van der Waals surface area contributed by atoms with E-state index in [0.717, 1.165) is 12.0 Å². The molecule has 0 unspecified atom stereocenters. The summed E-state index contributed by atoms with van der Waals surface area (Å²) >= 11 is 6.02. The van der Waals surface area contributed by atoms with E-state index in [4.69, 9.17) is 22.1 Å². The molecule has 30 heavy (non-hydrogen) atoms. The van der Waals surface area contributed by atoms with Crippen LogP contribution in [0, 0.1) is 5.41 Å². The largest absolute Gasteiger partial charge is 0.493 e. The van der Waals surface area contributed by atoms with Crippen LogP contribution in [0.1, 0.15) is 31.7 Å². The first-order chi connectivity index (χ1) is 14.2. The number of hydrogen-bond donors (Lipinski definition) is 1. The van der Waals surface area contributed by atoms with Crippen molar-refractivity contribution in [3.8, 4) is 5.75 Å². The van der Waals surface area contributed by atoms with Gasteiger partial charge in [-0.15, -0.1) is 0 Å². The van der Waals surface area contributed by atoms with E-state index in [1.807, 2.05) is 19.1 Å². The fourth-order valence-electron chi connectivity index (χ4n) is 3.89. The third-order valence-corrected chi connectivity index (χ3v) is 7.58. The number of sulfonamides is 1. The molecule has 0 saturated carbocycles. The lowest BCUT2D eigenvalue weighted by Gasteiger charge is -2.41. The molecule has 0 aromatic heterocycles. The van der Waals surface area contributed by atoms with Gasteiger partial charge in [-0.3, -0.25) is 4.79 Å². The normalized spacial score (nSPS) is 20.1. The van der Waals surface area contributed by atoms with Gasteiger partial charge >= 0.3 is 0 Å². The minimum Gasteiger partial charge on any atom is -0.493 e. The number of rotatable bonds is 8. The van der Waals surface area contributed by atoms with Crippen molar-refractivity contribution in [3.05, 3.63) is 59.1 Å². The Hall–Kier alpha value is -2.09. The smallest absolute Gasteiger partial charge is 0.243 e. The van der Waals surface area contributed by atoms with Gasteiger partial charge in [0.1, 0.15) is 5.75 Å². The van der Waals surface area contributed by atoms with Crippen molar-refractivity contribution in [2.75, 3.05) is 19.7 Å². The summed E-state index contributed by atoms with van der Waals surface area (Å²) in [5, 5.41) is 0.542. The van der Waals surface area contributed by atoms with Gasteiger partial charge in [0.2, 0.25) is 15.9 Å². The fourth-order valence-corrected chi connectivity index (χ4v) is 5.66. The van der Waals surface area contributed by atoms with Crippen molar-refractivity contribution in [3.63, 3.8) is 0 Å². The molecule has 8 heteroatoms. The maximum atomic E-state index is 13.2. The van der Waals surface area contributed by atoms with E-state index in [0.29, 0.717) is 30.2 Å². The quantitative estimate of drug-likeness (QED) is 0.665. The van der Waals surface area contributed by atoms with E-state index >= 15 is 0 Å². The number of ether oxygens (including phenoxy) is 1. The number of primary amides is 1. The predicted molar refractivity (Wildman–Crippen MR) is 117 cm³/mol. The van der Waals surface area contributed by atoms with Crippen LogP contribution in [0.2, 0.25) is 5.02 Å². The second kappa shape index (κ2) is 9.37. The molecular formula is C22H27ClN2O4S. The molecule has 0 bridgehead atoms. The minimum absolute atomic E-state index is 0.0500. The molecule has 1 heterocycles. The van der Waals surface area contributed by atoms with E-state index in [-0.39, 0.29) is 24.5 Å². The molecule has 1 amide bonds. The van der Waals surface area contributed by atoms with Gasteiger partial charge in [-0.25, -0.2) is 8.42 Å². The van der Waals surface area contributed by atoms with E-state index in [1.165, 1.54) is 4.31 Å². The van der Waals surface area contributed by atoms with Gasteiger partial charge in [0.25, 0.3) is 0 Å². The molecule has 0 aliphatic carbocycles. The van der Waals surface area contributed by atoms with Gasteiger partial charge in [-0.1, -0.05) is 36.7 Å². The molecular weight excluding hydrogens is 424 g/mol. The third kappa shape index (κ3) is 5.33. The summed E-state index contributed by atoms with van der Waals surface area (Å²) in [6, 6.07) is 13.9. The Labute approximate surface area is 183 Å². The Morgan fingerprint density at radius 3 is 2.60 bits per heavy atom. The molecule has 2 N–H and O–H groups in total. The summed E-state index contributed by atoms with van der Waals surface area (Å²) in [5.74, 6) is 0.0951. The highest BCUT2D eigenvalue weighted by molar-refractivity contribution is 7.89. The molecule has 0 radical (unpaired) electrons. The van der Waals surface area contributed by atoms with Crippen molar-refractivity contribution < 1.29 is 17.9 Å². The van der Waals surface area contributed by atoms with E-state index in [1.54, 1.807) is 36.4 Å². The summed E-state index contributed by atoms with van der Waals surface area (Å²) in [6.45, 7) is 2.77. The zero-order valence-corrected chi connectivity index (χ0v) is 18.6. The van der Waals surface area contributed by atoms with E-state index in [9.17, 15) is 13.2 Å². The summed E-state index contributed by atoms with van der Waals surface area (Å²) in [5.41, 5.74) is 5.90. The summed E-state index contributed by atoms with van der Waals surface area (Å²) in [7, 11) is -3.68. The Kier molecular flexibility index (Phi) is 7.06.